The number of nitrogens with two attached hydrogens (primary N) is 1. The van der Waals surface area contributed by atoms with Crippen LogP contribution in [0.15, 0.2) is 0 Å². The third kappa shape index (κ3) is 36.5. The number of nitrogens with one attached hydrogen (secondary N) is 2. The number of carboxylic acids is 1. The van der Waals surface area contributed by atoms with Crippen molar-refractivity contribution in [2.24, 2.45) is 5.73 Å². The molecule has 0 spiro atoms. The van der Waals surface area contributed by atoms with Gasteiger partial charge in [-0.05, 0) is 19.3 Å². The highest BCUT2D eigenvalue weighted by Gasteiger charge is 2.53. The minimum atomic E-state index is -1.60. The summed E-state index contributed by atoms with van der Waals surface area (Å²) in [6.07, 6.45) is 51.5. The first-order chi connectivity index (χ1) is 35.0. The maximum atomic E-state index is 15.0. The van der Waals surface area contributed by atoms with Crippen LogP contribution in [0.2, 0.25) is 0 Å². The van der Waals surface area contributed by atoms with E-state index in [-0.39, 0.29) is 5.75 Å². The molecule has 0 aliphatic carbocycles. The summed E-state index contributed by atoms with van der Waals surface area (Å²) in [6.45, 7) is 4.73. The lowest BCUT2D eigenvalue weighted by Gasteiger charge is -2.48. The van der Waals surface area contributed by atoms with Gasteiger partial charge in [0.05, 0.1) is 25.9 Å². The predicted molar refractivity (Wildman–Crippen MR) is 306 cm³/mol. The number of aliphatic carboxylic acids is 1. The van der Waals surface area contributed by atoms with Gasteiger partial charge in [0.15, 0.2) is 0 Å². The fourth-order valence-corrected chi connectivity index (χ4v) is 12.1. The van der Waals surface area contributed by atoms with Crippen molar-refractivity contribution in [2.45, 2.75) is 338 Å². The quantitative estimate of drug-likeness (QED) is 0.0271. The van der Waals surface area contributed by atoms with E-state index in [0.717, 1.165) is 70.6 Å². The third-order valence-electron chi connectivity index (χ3n) is 15.4. The van der Waals surface area contributed by atoms with Gasteiger partial charge in [-0.3, -0.25) is 9.59 Å². The Kier molecular flexibility index (Phi) is 49.4. The Hall–Kier alpha value is -1.44. The molecular weight excluding hydrogens is 923 g/mol. The van der Waals surface area contributed by atoms with Crippen LogP contribution in [0.5, 0.6) is 0 Å². The molecule has 72 heavy (non-hydrogen) atoms. The van der Waals surface area contributed by atoms with Crippen molar-refractivity contribution in [1.29, 1.82) is 0 Å². The van der Waals surface area contributed by atoms with Crippen LogP contribution in [-0.4, -0.2) is 97.4 Å². The molecule has 2 amide bonds. The number of hydrogen-bond donors (Lipinski definition) is 8. The molecule has 0 saturated heterocycles. The number of carbonyl (C=O) groups is 3. The summed E-state index contributed by atoms with van der Waals surface area (Å²) in [4.78, 5) is 40.1. The van der Waals surface area contributed by atoms with Crippen LogP contribution in [0.4, 0.5) is 0 Å². The lowest BCUT2D eigenvalue weighted by atomic mass is 9.73. The summed E-state index contributed by atoms with van der Waals surface area (Å²) in [5.41, 5.74) is 6.14. The summed E-state index contributed by atoms with van der Waals surface area (Å²) in [7, 11) is 0. The summed E-state index contributed by atoms with van der Waals surface area (Å²) >= 11 is 1.49. The van der Waals surface area contributed by atoms with E-state index in [2.05, 4.69) is 31.4 Å². The number of thioether (sulfide) groups is 1. The topological polar surface area (TPSA) is 202 Å². The zero-order valence-corrected chi connectivity index (χ0v) is 48.1. The summed E-state index contributed by atoms with van der Waals surface area (Å²) in [6, 6.07) is -3.09. The first-order valence-electron chi connectivity index (χ1n) is 30.8. The van der Waals surface area contributed by atoms with E-state index in [4.69, 9.17) is 5.73 Å². The Morgan fingerprint density at radius 2 is 0.694 bits per heavy atom. The molecule has 0 saturated carbocycles. The fourth-order valence-electron chi connectivity index (χ4n) is 10.4. The molecule has 0 heterocycles. The van der Waals surface area contributed by atoms with Crippen LogP contribution < -0.4 is 16.4 Å². The van der Waals surface area contributed by atoms with Crippen molar-refractivity contribution < 1.29 is 39.9 Å². The van der Waals surface area contributed by atoms with Gasteiger partial charge in [-0.1, -0.05) is 290 Å². The van der Waals surface area contributed by atoms with Gasteiger partial charge in [0.25, 0.3) is 0 Å². The number of rotatable bonds is 57. The van der Waals surface area contributed by atoms with Gasteiger partial charge >= 0.3 is 5.97 Å². The highest BCUT2D eigenvalue weighted by Crippen LogP contribution is 2.47. The van der Waals surface area contributed by atoms with Crippen LogP contribution in [0.25, 0.3) is 0 Å². The van der Waals surface area contributed by atoms with Gasteiger partial charge in [0, 0.05) is 10.5 Å². The second-order valence-corrected chi connectivity index (χ2v) is 23.3. The van der Waals surface area contributed by atoms with Crippen molar-refractivity contribution >= 4 is 29.5 Å². The van der Waals surface area contributed by atoms with E-state index in [1.807, 2.05) is 0 Å². The third-order valence-corrected chi connectivity index (χ3v) is 17.3. The molecule has 0 aromatic heterocycles. The number of amides is 2. The van der Waals surface area contributed by atoms with Crippen LogP contribution >= 0.6 is 11.8 Å². The zero-order valence-electron chi connectivity index (χ0n) is 47.3. The van der Waals surface area contributed by atoms with Gasteiger partial charge in [-0.15, -0.1) is 11.8 Å². The van der Waals surface area contributed by atoms with E-state index < -0.39 is 66.1 Å². The normalized spacial score (nSPS) is 14.0. The van der Waals surface area contributed by atoms with E-state index >= 15 is 4.79 Å². The van der Waals surface area contributed by atoms with Crippen LogP contribution in [0.1, 0.15) is 310 Å². The van der Waals surface area contributed by atoms with Crippen molar-refractivity contribution in [1.82, 2.24) is 10.6 Å². The van der Waals surface area contributed by atoms with Crippen molar-refractivity contribution in [3.05, 3.63) is 0 Å². The molecule has 0 aromatic rings. The fraction of sp³-hybridized carbons (Fsp3) is 0.950. The monoisotopic (exact) mass is 1040 g/mol. The molecule has 1 unspecified atom stereocenters. The second-order valence-electron chi connectivity index (χ2n) is 21.9. The molecule has 0 aliphatic heterocycles. The molecule has 0 bridgehead atoms. The Morgan fingerprint density at radius 1 is 0.417 bits per heavy atom. The highest BCUT2D eigenvalue weighted by atomic mass is 32.2. The first-order valence-corrected chi connectivity index (χ1v) is 31.8. The molecule has 0 aliphatic rings. The maximum Gasteiger partial charge on any atom is 0.328 e. The van der Waals surface area contributed by atoms with Gasteiger partial charge in [0.1, 0.15) is 17.6 Å². The minimum Gasteiger partial charge on any atom is -0.480 e. The lowest BCUT2D eigenvalue weighted by Crippen LogP contribution is -2.69. The summed E-state index contributed by atoms with van der Waals surface area (Å²) < 4.78 is -0.858. The van der Waals surface area contributed by atoms with E-state index in [0.29, 0.717) is 25.7 Å². The Labute approximate surface area is 447 Å². The Bertz CT molecular complexity index is 1200. The summed E-state index contributed by atoms with van der Waals surface area (Å²) in [5.74, 6) is -2.73. The van der Waals surface area contributed by atoms with Gasteiger partial charge in [-0.2, -0.15) is 0 Å². The molecule has 0 aromatic carbocycles. The molecule has 0 rings (SSSR count). The molecule has 428 valence electrons. The number of unbranched alkanes of at least 4 members (excludes halogenated alkanes) is 39. The lowest BCUT2D eigenvalue weighted by molar-refractivity contribution is -0.143. The number of carboxylic acid groups (broad SMARTS) is 1. The number of aliphatic hydroxyl groups excluding tert-OH is 4. The Balaban J connectivity index is 6.24. The maximum absolute atomic E-state index is 15.0. The minimum absolute atomic E-state index is 0.194. The number of aliphatic hydroxyl groups is 4. The molecule has 12 heteroatoms. The molecule has 0 radical (unpaired) electrons. The number of carbonyl (C=O) groups excluding carboxylic acids is 2. The van der Waals surface area contributed by atoms with Crippen molar-refractivity contribution in [3.63, 3.8) is 0 Å². The molecule has 4 atom stereocenters. The summed E-state index contributed by atoms with van der Waals surface area (Å²) in [5, 5.41) is 55.5. The van der Waals surface area contributed by atoms with E-state index in [1.165, 1.54) is 204 Å². The van der Waals surface area contributed by atoms with E-state index in [9.17, 15) is 35.1 Å². The smallest absolute Gasteiger partial charge is 0.328 e. The van der Waals surface area contributed by atoms with Crippen LogP contribution in [-0.2, 0) is 14.4 Å². The molecule has 11 nitrogen and oxygen atoms in total. The standard InChI is InChI=1S/C60H119N3O8S/c1-4-7-10-13-16-19-22-25-28-31-34-37-40-43-46-59(72-52-53(67)49-64,47-44-41-38-35-32-29-26-23-20-17-14-11-8-5-2)60(61,58(71)63-54(50-65)56(68)62-55(51-66)57(69)70)48-45-42-39-36-33-30-27-24-21-18-15-12-9-6-3/h53-55,64-67H,4-52,61H2,1-3H3,(H,62,68)(H,63,71)(H,69,70)/t53?,54-,55-,60+/m0/s1. The molecular formula is C60H119N3O8S. The van der Waals surface area contributed by atoms with Crippen LogP contribution in [0.3, 0.4) is 0 Å². The predicted octanol–water partition coefficient (Wildman–Crippen LogP) is 14.2. The SMILES string of the molecule is CCCCCCCCCCCCCCCCC(CCCCCCCCCCCCCCCC)(SCC(O)CO)[C@@](N)(CCCCCCCCCCCCCCCC)C(=O)N[C@@H](CO)C(=O)N[C@@H](CO)C(=O)O. The molecule has 0 fully saturated rings. The van der Waals surface area contributed by atoms with Crippen LogP contribution in [0, 0.1) is 0 Å². The first kappa shape index (κ1) is 70.6. The zero-order chi connectivity index (χ0) is 53.2. The average Bonchev–Trinajstić information content (AvgIpc) is 3.38. The van der Waals surface area contributed by atoms with Gasteiger partial charge in [-0.25, -0.2) is 4.79 Å². The van der Waals surface area contributed by atoms with Gasteiger partial charge < -0.3 is 41.9 Å². The largest absolute Gasteiger partial charge is 0.480 e. The molecule has 9 N–H and O–H groups in total. The van der Waals surface area contributed by atoms with E-state index in [1.54, 1.807) is 0 Å². The Morgan fingerprint density at radius 3 is 0.958 bits per heavy atom. The highest BCUT2D eigenvalue weighted by molar-refractivity contribution is 8.00. The van der Waals surface area contributed by atoms with Gasteiger partial charge in [0.2, 0.25) is 11.8 Å². The van der Waals surface area contributed by atoms with Crippen molar-refractivity contribution in [3.8, 4) is 0 Å². The van der Waals surface area contributed by atoms with Crippen molar-refractivity contribution in [2.75, 3.05) is 25.6 Å². The number of hydrogen-bond acceptors (Lipinski definition) is 9. The average molecular weight is 1040 g/mol. The second kappa shape index (κ2) is 50.4.